The van der Waals surface area contributed by atoms with Gasteiger partial charge in [-0.15, -0.1) is 0 Å². The molecule has 0 unspecified atom stereocenters. The molecular formula is C15H29NO. The number of hydrogen-bond donors (Lipinski definition) is 0. The fourth-order valence-corrected chi connectivity index (χ4v) is 1.74. The number of rotatable bonds is 11. The summed E-state index contributed by atoms with van der Waals surface area (Å²) in [6.45, 7) is 8.00. The summed E-state index contributed by atoms with van der Waals surface area (Å²) in [6, 6.07) is 2.33. The van der Waals surface area contributed by atoms with Crippen molar-refractivity contribution in [2.45, 2.75) is 72.1 Å². The summed E-state index contributed by atoms with van der Waals surface area (Å²) in [5, 5.41) is 8.86. The molecule has 0 aromatic rings. The first-order valence-corrected chi connectivity index (χ1v) is 7.11. The van der Waals surface area contributed by atoms with Crippen LogP contribution in [0.3, 0.4) is 0 Å². The molecule has 0 fully saturated rings. The normalized spacial score (nSPS) is 11.4. The van der Waals surface area contributed by atoms with E-state index in [9.17, 15) is 0 Å². The standard InChI is InChI=1S/C15H29NO/c1-4-5-6-7-9-12-17-13-10-8-11-15(2,3)14-16/h4-13H2,1-3H3. The maximum Gasteiger partial charge on any atom is 0.0683 e. The Kier molecular flexibility index (Phi) is 10.3. The number of unbranched alkanes of at least 4 members (excludes halogenated alkanes) is 5. The van der Waals surface area contributed by atoms with Gasteiger partial charge in [-0.25, -0.2) is 0 Å². The maximum atomic E-state index is 8.86. The zero-order valence-corrected chi connectivity index (χ0v) is 11.9. The lowest BCUT2D eigenvalue weighted by atomic mass is 9.89. The largest absolute Gasteiger partial charge is 0.381 e. The minimum Gasteiger partial charge on any atom is -0.381 e. The third kappa shape index (κ3) is 11.7. The van der Waals surface area contributed by atoms with Crippen molar-refractivity contribution in [3.05, 3.63) is 0 Å². The van der Waals surface area contributed by atoms with Gasteiger partial charge < -0.3 is 4.74 Å². The highest BCUT2D eigenvalue weighted by molar-refractivity contribution is 4.91. The molecule has 100 valence electrons. The molecular weight excluding hydrogens is 210 g/mol. The summed E-state index contributed by atoms with van der Waals surface area (Å²) >= 11 is 0. The van der Waals surface area contributed by atoms with Crippen LogP contribution >= 0.6 is 0 Å². The van der Waals surface area contributed by atoms with Gasteiger partial charge in [-0.2, -0.15) is 5.26 Å². The average molecular weight is 239 g/mol. The lowest BCUT2D eigenvalue weighted by Crippen LogP contribution is -2.08. The van der Waals surface area contributed by atoms with Crippen molar-refractivity contribution < 1.29 is 4.74 Å². The molecule has 0 spiro atoms. The van der Waals surface area contributed by atoms with Crippen LogP contribution in [0.1, 0.15) is 72.1 Å². The quantitative estimate of drug-likeness (QED) is 0.490. The van der Waals surface area contributed by atoms with Crippen molar-refractivity contribution in [3.8, 4) is 6.07 Å². The summed E-state index contributed by atoms with van der Waals surface area (Å²) in [4.78, 5) is 0. The lowest BCUT2D eigenvalue weighted by Gasteiger charge is -2.14. The first-order valence-electron chi connectivity index (χ1n) is 7.11. The Balaban J connectivity index is 3.12. The molecule has 0 aromatic carbocycles. The second-order valence-corrected chi connectivity index (χ2v) is 5.48. The van der Waals surface area contributed by atoms with E-state index in [0.29, 0.717) is 0 Å². The second kappa shape index (κ2) is 10.6. The van der Waals surface area contributed by atoms with E-state index in [1.807, 2.05) is 13.8 Å². The number of hydrogen-bond acceptors (Lipinski definition) is 2. The van der Waals surface area contributed by atoms with Crippen molar-refractivity contribution in [1.29, 1.82) is 5.26 Å². The zero-order chi connectivity index (χ0) is 13.0. The summed E-state index contributed by atoms with van der Waals surface area (Å²) in [7, 11) is 0. The highest BCUT2D eigenvalue weighted by atomic mass is 16.5. The molecule has 2 heteroatoms. The van der Waals surface area contributed by atoms with Gasteiger partial charge in [-0.3, -0.25) is 0 Å². The Morgan fingerprint density at radius 3 is 2.12 bits per heavy atom. The first-order chi connectivity index (χ1) is 8.12. The Hall–Kier alpha value is -0.550. The van der Waals surface area contributed by atoms with Crippen LogP contribution in [0.5, 0.6) is 0 Å². The van der Waals surface area contributed by atoms with Crippen LogP contribution in [0.25, 0.3) is 0 Å². The van der Waals surface area contributed by atoms with Gasteiger partial charge in [0.15, 0.2) is 0 Å². The molecule has 2 nitrogen and oxygen atoms in total. The summed E-state index contributed by atoms with van der Waals surface area (Å²) in [5.41, 5.74) is -0.167. The highest BCUT2D eigenvalue weighted by Gasteiger charge is 2.15. The smallest absolute Gasteiger partial charge is 0.0683 e. The van der Waals surface area contributed by atoms with E-state index < -0.39 is 0 Å². The van der Waals surface area contributed by atoms with E-state index in [-0.39, 0.29) is 5.41 Å². The van der Waals surface area contributed by atoms with Crippen molar-refractivity contribution in [2.24, 2.45) is 5.41 Å². The fourth-order valence-electron chi connectivity index (χ4n) is 1.74. The fraction of sp³-hybridized carbons (Fsp3) is 0.933. The summed E-state index contributed by atoms with van der Waals surface area (Å²) in [6.07, 6.45) is 9.65. The zero-order valence-electron chi connectivity index (χ0n) is 11.9. The Morgan fingerprint density at radius 2 is 1.53 bits per heavy atom. The Morgan fingerprint density at radius 1 is 0.941 bits per heavy atom. The van der Waals surface area contributed by atoms with E-state index in [4.69, 9.17) is 10.00 Å². The molecule has 0 heterocycles. The van der Waals surface area contributed by atoms with Crippen LogP contribution in [0.15, 0.2) is 0 Å². The van der Waals surface area contributed by atoms with E-state index in [1.165, 1.54) is 32.1 Å². The molecule has 0 radical (unpaired) electrons. The SMILES string of the molecule is CCCCCCCOCCCCC(C)(C)C#N. The maximum absolute atomic E-state index is 8.86. The minimum atomic E-state index is -0.167. The van der Waals surface area contributed by atoms with Crippen LogP contribution in [-0.4, -0.2) is 13.2 Å². The van der Waals surface area contributed by atoms with Crippen LogP contribution in [-0.2, 0) is 4.74 Å². The lowest BCUT2D eigenvalue weighted by molar-refractivity contribution is 0.124. The third-order valence-corrected chi connectivity index (χ3v) is 3.04. The molecule has 0 aromatic heterocycles. The molecule has 17 heavy (non-hydrogen) atoms. The topological polar surface area (TPSA) is 33.0 Å². The van der Waals surface area contributed by atoms with E-state index in [2.05, 4.69) is 13.0 Å². The number of nitriles is 1. The predicted molar refractivity (Wildman–Crippen MR) is 72.8 cm³/mol. The Labute approximate surface area is 107 Å². The van der Waals surface area contributed by atoms with Gasteiger partial charge in [0.1, 0.15) is 0 Å². The molecule has 0 aliphatic carbocycles. The van der Waals surface area contributed by atoms with E-state index in [1.54, 1.807) is 0 Å². The van der Waals surface area contributed by atoms with Gasteiger partial charge in [0.05, 0.1) is 11.5 Å². The minimum absolute atomic E-state index is 0.167. The van der Waals surface area contributed by atoms with Gasteiger partial charge in [-0.05, 0) is 39.5 Å². The molecule has 0 amide bonds. The van der Waals surface area contributed by atoms with Gasteiger partial charge >= 0.3 is 0 Å². The number of ether oxygens (including phenoxy) is 1. The van der Waals surface area contributed by atoms with Gasteiger partial charge in [-0.1, -0.05) is 32.6 Å². The molecule has 0 aliphatic heterocycles. The van der Waals surface area contributed by atoms with Gasteiger partial charge in [0.25, 0.3) is 0 Å². The van der Waals surface area contributed by atoms with E-state index in [0.717, 1.165) is 32.5 Å². The molecule has 0 saturated carbocycles. The van der Waals surface area contributed by atoms with Crippen LogP contribution < -0.4 is 0 Å². The monoisotopic (exact) mass is 239 g/mol. The van der Waals surface area contributed by atoms with Crippen molar-refractivity contribution in [3.63, 3.8) is 0 Å². The molecule has 0 saturated heterocycles. The van der Waals surface area contributed by atoms with Crippen molar-refractivity contribution in [1.82, 2.24) is 0 Å². The van der Waals surface area contributed by atoms with Crippen LogP contribution in [0.4, 0.5) is 0 Å². The summed E-state index contributed by atoms with van der Waals surface area (Å²) < 4.78 is 5.58. The summed E-state index contributed by atoms with van der Waals surface area (Å²) in [5.74, 6) is 0. The Bertz CT molecular complexity index is 205. The predicted octanol–water partition coefficient (Wildman–Crippen LogP) is 4.69. The second-order valence-electron chi connectivity index (χ2n) is 5.48. The van der Waals surface area contributed by atoms with Crippen LogP contribution in [0, 0.1) is 16.7 Å². The van der Waals surface area contributed by atoms with E-state index >= 15 is 0 Å². The third-order valence-electron chi connectivity index (χ3n) is 3.04. The van der Waals surface area contributed by atoms with Gasteiger partial charge in [0.2, 0.25) is 0 Å². The number of nitrogens with zero attached hydrogens (tertiary/aromatic N) is 1. The molecule has 0 atom stereocenters. The van der Waals surface area contributed by atoms with Crippen LogP contribution in [0.2, 0.25) is 0 Å². The molecule has 0 N–H and O–H groups in total. The van der Waals surface area contributed by atoms with Crippen molar-refractivity contribution in [2.75, 3.05) is 13.2 Å². The average Bonchev–Trinajstić information content (AvgIpc) is 2.31. The molecule has 0 bridgehead atoms. The first kappa shape index (κ1) is 16.4. The van der Waals surface area contributed by atoms with Gasteiger partial charge in [0, 0.05) is 13.2 Å². The molecule has 0 aliphatic rings. The molecule has 0 rings (SSSR count). The van der Waals surface area contributed by atoms with Crippen molar-refractivity contribution >= 4 is 0 Å². The highest BCUT2D eigenvalue weighted by Crippen LogP contribution is 2.21.